The third-order valence-electron chi connectivity index (χ3n) is 3.56. The molecule has 0 aromatic heterocycles. The first kappa shape index (κ1) is 21.2. The molecular formula is C19H26ClNO4. The Morgan fingerprint density at radius 3 is 2.28 bits per heavy atom. The second-order valence-electron chi connectivity index (χ2n) is 6.22. The van der Waals surface area contributed by atoms with Crippen LogP contribution in [0.2, 0.25) is 5.02 Å². The van der Waals surface area contributed by atoms with Gasteiger partial charge in [0.05, 0.1) is 13.0 Å². The van der Waals surface area contributed by atoms with Crippen molar-refractivity contribution in [1.29, 1.82) is 0 Å². The minimum atomic E-state index is -0.318. The number of hydrogen-bond acceptors (Lipinski definition) is 4. The summed E-state index contributed by atoms with van der Waals surface area (Å²) in [5.74, 6) is -0.264. The molecule has 5 nitrogen and oxygen atoms in total. The van der Waals surface area contributed by atoms with E-state index in [0.29, 0.717) is 30.3 Å². The molecule has 6 heteroatoms. The maximum atomic E-state index is 12.4. The van der Waals surface area contributed by atoms with Gasteiger partial charge in [-0.1, -0.05) is 25.4 Å². The first-order valence-corrected chi connectivity index (χ1v) is 8.93. The van der Waals surface area contributed by atoms with Crippen LogP contribution in [-0.2, 0) is 14.3 Å². The molecule has 0 N–H and O–H groups in total. The van der Waals surface area contributed by atoms with E-state index in [0.717, 1.165) is 0 Å². The van der Waals surface area contributed by atoms with Crippen LogP contribution in [0.5, 0.6) is 0 Å². The number of Topliss-reactive ketones (excluding diaryl/α,β-unsaturated/α-hetero) is 1. The molecule has 0 aliphatic rings. The summed E-state index contributed by atoms with van der Waals surface area (Å²) in [4.78, 5) is 37.8. The topological polar surface area (TPSA) is 63.7 Å². The molecule has 0 aliphatic heterocycles. The van der Waals surface area contributed by atoms with E-state index >= 15 is 0 Å². The summed E-state index contributed by atoms with van der Waals surface area (Å²) in [5.41, 5.74) is 0.541. The minimum absolute atomic E-state index is 0.0973. The molecule has 0 atom stereocenters. The molecule has 1 rings (SSSR count). The first-order valence-electron chi connectivity index (χ1n) is 8.55. The fourth-order valence-electron chi connectivity index (χ4n) is 2.38. The van der Waals surface area contributed by atoms with Gasteiger partial charge >= 0.3 is 5.97 Å². The van der Waals surface area contributed by atoms with Gasteiger partial charge in [0.25, 0.3) is 0 Å². The van der Waals surface area contributed by atoms with Crippen molar-refractivity contribution in [3.8, 4) is 0 Å². The number of amides is 1. The zero-order chi connectivity index (χ0) is 18.8. The second kappa shape index (κ2) is 10.9. The van der Waals surface area contributed by atoms with Gasteiger partial charge in [0.2, 0.25) is 5.91 Å². The SMILES string of the molecule is CCOC(=O)CCN(CC(C)C)C(=O)CCC(=O)c1ccc(Cl)cc1. The van der Waals surface area contributed by atoms with E-state index in [1.165, 1.54) is 0 Å². The molecular weight excluding hydrogens is 342 g/mol. The standard InChI is InChI=1S/C19H26ClNO4/c1-4-25-19(24)11-12-21(13-14(2)3)18(23)10-9-17(22)15-5-7-16(20)8-6-15/h5-8,14H,4,9-13H2,1-3H3. The van der Waals surface area contributed by atoms with Gasteiger partial charge in [0.15, 0.2) is 5.78 Å². The van der Waals surface area contributed by atoms with Crippen LogP contribution in [0.3, 0.4) is 0 Å². The molecule has 0 spiro atoms. The number of halogens is 1. The molecule has 1 amide bonds. The van der Waals surface area contributed by atoms with Crippen molar-refractivity contribution >= 4 is 29.3 Å². The van der Waals surface area contributed by atoms with Gasteiger partial charge in [0.1, 0.15) is 0 Å². The van der Waals surface area contributed by atoms with E-state index in [1.54, 1.807) is 36.1 Å². The lowest BCUT2D eigenvalue weighted by molar-refractivity contribution is -0.144. The quantitative estimate of drug-likeness (QED) is 0.466. The summed E-state index contributed by atoms with van der Waals surface area (Å²) < 4.78 is 4.90. The molecule has 0 heterocycles. The molecule has 0 saturated carbocycles. The summed E-state index contributed by atoms with van der Waals surface area (Å²) in [6.45, 7) is 6.94. The predicted octanol–water partition coefficient (Wildman–Crippen LogP) is 3.74. The van der Waals surface area contributed by atoms with E-state index in [9.17, 15) is 14.4 Å². The second-order valence-corrected chi connectivity index (χ2v) is 6.66. The van der Waals surface area contributed by atoms with E-state index in [1.807, 2.05) is 13.8 Å². The molecule has 0 saturated heterocycles. The third kappa shape index (κ3) is 8.16. The number of nitrogens with zero attached hydrogens (tertiary/aromatic N) is 1. The Kier molecular flexibility index (Phi) is 9.21. The van der Waals surface area contributed by atoms with Crippen molar-refractivity contribution in [2.75, 3.05) is 19.7 Å². The fourth-order valence-corrected chi connectivity index (χ4v) is 2.50. The summed E-state index contributed by atoms with van der Waals surface area (Å²) in [5, 5.41) is 0.565. The first-order chi connectivity index (χ1) is 11.8. The van der Waals surface area contributed by atoms with Crippen LogP contribution in [0, 0.1) is 5.92 Å². The summed E-state index contributed by atoms with van der Waals surface area (Å²) in [7, 11) is 0. The Morgan fingerprint density at radius 1 is 1.08 bits per heavy atom. The van der Waals surface area contributed by atoms with Crippen molar-refractivity contribution in [2.24, 2.45) is 5.92 Å². The smallest absolute Gasteiger partial charge is 0.307 e. The van der Waals surface area contributed by atoms with E-state index in [4.69, 9.17) is 16.3 Å². The van der Waals surface area contributed by atoms with Crippen LogP contribution in [0.25, 0.3) is 0 Å². The molecule has 25 heavy (non-hydrogen) atoms. The van der Waals surface area contributed by atoms with Gasteiger partial charge in [-0.3, -0.25) is 14.4 Å². The molecule has 0 aliphatic carbocycles. The van der Waals surface area contributed by atoms with E-state index in [2.05, 4.69) is 0 Å². The van der Waals surface area contributed by atoms with Gasteiger partial charge < -0.3 is 9.64 Å². The average Bonchev–Trinajstić information content (AvgIpc) is 2.56. The van der Waals surface area contributed by atoms with Crippen molar-refractivity contribution in [3.63, 3.8) is 0 Å². The van der Waals surface area contributed by atoms with Gasteiger partial charge in [-0.05, 0) is 37.1 Å². The van der Waals surface area contributed by atoms with Gasteiger partial charge in [-0.2, -0.15) is 0 Å². The molecule has 1 aromatic carbocycles. The van der Waals surface area contributed by atoms with Crippen molar-refractivity contribution in [3.05, 3.63) is 34.9 Å². The number of ether oxygens (including phenoxy) is 1. The van der Waals surface area contributed by atoms with Crippen LogP contribution < -0.4 is 0 Å². The zero-order valence-corrected chi connectivity index (χ0v) is 15.8. The highest BCUT2D eigenvalue weighted by atomic mass is 35.5. The highest BCUT2D eigenvalue weighted by molar-refractivity contribution is 6.30. The fraction of sp³-hybridized carbons (Fsp3) is 0.526. The Labute approximate surface area is 154 Å². The number of hydrogen-bond donors (Lipinski definition) is 0. The maximum absolute atomic E-state index is 12.4. The molecule has 0 unspecified atom stereocenters. The monoisotopic (exact) mass is 367 g/mol. The summed E-state index contributed by atoms with van der Waals surface area (Å²) in [6.07, 6.45) is 0.420. The molecule has 138 valence electrons. The van der Waals surface area contributed by atoms with Crippen LogP contribution in [0.1, 0.15) is 50.4 Å². The van der Waals surface area contributed by atoms with E-state index in [-0.39, 0.29) is 42.8 Å². The lowest BCUT2D eigenvalue weighted by Gasteiger charge is -2.24. The van der Waals surface area contributed by atoms with Crippen LogP contribution in [0.15, 0.2) is 24.3 Å². The highest BCUT2D eigenvalue weighted by Gasteiger charge is 2.18. The molecule has 1 aromatic rings. The van der Waals surface area contributed by atoms with Crippen LogP contribution in [0.4, 0.5) is 0 Å². The summed E-state index contributed by atoms with van der Waals surface area (Å²) >= 11 is 5.81. The minimum Gasteiger partial charge on any atom is -0.466 e. The zero-order valence-electron chi connectivity index (χ0n) is 15.1. The predicted molar refractivity (Wildman–Crippen MR) is 97.7 cm³/mol. The number of carbonyl (C=O) groups is 3. The van der Waals surface area contributed by atoms with Gasteiger partial charge in [-0.15, -0.1) is 0 Å². The highest BCUT2D eigenvalue weighted by Crippen LogP contribution is 2.13. The Balaban J connectivity index is 2.57. The number of ketones is 1. The Hall–Kier alpha value is -1.88. The van der Waals surface area contributed by atoms with Gasteiger partial charge in [-0.25, -0.2) is 0 Å². The normalized spacial score (nSPS) is 10.6. The van der Waals surface area contributed by atoms with Crippen LogP contribution in [-0.4, -0.2) is 42.3 Å². The molecule has 0 bridgehead atoms. The Morgan fingerprint density at radius 2 is 1.72 bits per heavy atom. The number of rotatable bonds is 10. The van der Waals surface area contributed by atoms with Gasteiger partial charge in [0, 0.05) is 36.5 Å². The Bertz CT molecular complexity index is 584. The number of benzene rings is 1. The van der Waals surface area contributed by atoms with Crippen molar-refractivity contribution < 1.29 is 19.1 Å². The molecule has 0 fully saturated rings. The number of carbonyl (C=O) groups excluding carboxylic acids is 3. The third-order valence-corrected chi connectivity index (χ3v) is 3.81. The van der Waals surface area contributed by atoms with Crippen LogP contribution >= 0.6 is 11.6 Å². The van der Waals surface area contributed by atoms with Crippen molar-refractivity contribution in [1.82, 2.24) is 4.90 Å². The molecule has 0 radical (unpaired) electrons. The van der Waals surface area contributed by atoms with Crippen molar-refractivity contribution in [2.45, 2.75) is 40.0 Å². The largest absolute Gasteiger partial charge is 0.466 e. The lowest BCUT2D eigenvalue weighted by Crippen LogP contribution is -2.36. The van der Waals surface area contributed by atoms with E-state index < -0.39 is 0 Å². The maximum Gasteiger partial charge on any atom is 0.307 e. The number of esters is 1. The lowest BCUT2D eigenvalue weighted by atomic mass is 10.1. The summed E-state index contributed by atoms with van der Waals surface area (Å²) in [6, 6.07) is 6.62. The average molecular weight is 368 g/mol.